The molecule has 0 radical (unpaired) electrons. The van der Waals surface area contributed by atoms with E-state index in [1.807, 2.05) is 10.9 Å². The molecule has 19 heavy (non-hydrogen) atoms. The van der Waals surface area contributed by atoms with Crippen LogP contribution in [0.3, 0.4) is 0 Å². The van der Waals surface area contributed by atoms with E-state index in [-0.39, 0.29) is 5.75 Å². The van der Waals surface area contributed by atoms with Gasteiger partial charge in [-0.1, -0.05) is 13.3 Å². The molecule has 6 heteroatoms. The maximum Gasteiger partial charge on any atom is 0.149 e. The van der Waals surface area contributed by atoms with Crippen LogP contribution < -0.4 is 5.32 Å². The van der Waals surface area contributed by atoms with E-state index in [9.17, 15) is 8.42 Å². The van der Waals surface area contributed by atoms with E-state index in [1.165, 1.54) is 30.4 Å². The summed E-state index contributed by atoms with van der Waals surface area (Å²) >= 11 is 0. The highest BCUT2D eigenvalue weighted by Gasteiger charge is 2.21. The first-order valence-corrected chi connectivity index (χ1v) is 9.00. The van der Waals surface area contributed by atoms with Crippen LogP contribution >= 0.6 is 0 Å². The van der Waals surface area contributed by atoms with E-state index in [1.54, 1.807) is 0 Å². The van der Waals surface area contributed by atoms with Gasteiger partial charge >= 0.3 is 0 Å². The van der Waals surface area contributed by atoms with E-state index in [2.05, 4.69) is 17.3 Å². The summed E-state index contributed by atoms with van der Waals surface area (Å²) in [4.78, 5) is 0. The number of nitrogens with one attached hydrogen (secondary N) is 1. The molecule has 0 atom stereocenters. The zero-order valence-electron chi connectivity index (χ0n) is 11.7. The lowest BCUT2D eigenvalue weighted by atomic mass is 10.1. The number of aromatic nitrogens is 2. The molecule has 0 amide bonds. The number of hydrogen-bond acceptors (Lipinski definition) is 4. The first-order chi connectivity index (χ1) is 8.99. The minimum absolute atomic E-state index is 0.154. The number of aryl methyl sites for hydroxylation is 1. The molecule has 5 nitrogen and oxygen atoms in total. The summed E-state index contributed by atoms with van der Waals surface area (Å²) in [6.07, 6.45) is 7.68. The molecular weight excluding hydrogens is 262 g/mol. The van der Waals surface area contributed by atoms with E-state index in [0.29, 0.717) is 12.6 Å². The zero-order valence-corrected chi connectivity index (χ0v) is 12.5. The van der Waals surface area contributed by atoms with Crippen molar-refractivity contribution in [3.8, 4) is 0 Å². The van der Waals surface area contributed by atoms with Crippen LogP contribution in [0.15, 0.2) is 6.20 Å². The highest BCUT2D eigenvalue weighted by Crippen LogP contribution is 2.20. The summed E-state index contributed by atoms with van der Waals surface area (Å²) in [5.74, 6) is 0.154. The minimum Gasteiger partial charge on any atom is -0.310 e. The molecule has 2 rings (SSSR count). The van der Waals surface area contributed by atoms with Gasteiger partial charge in [0.05, 0.1) is 18.5 Å². The highest BCUT2D eigenvalue weighted by atomic mass is 32.2. The lowest BCUT2D eigenvalue weighted by molar-refractivity contribution is 0.574. The molecule has 0 aliphatic heterocycles. The normalized spacial score (nSPS) is 15.9. The number of nitrogens with zero attached hydrogens (tertiary/aromatic N) is 2. The van der Waals surface area contributed by atoms with Crippen molar-refractivity contribution in [2.75, 3.05) is 12.0 Å². The highest BCUT2D eigenvalue weighted by molar-refractivity contribution is 7.90. The van der Waals surface area contributed by atoms with Gasteiger partial charge in [0.1, 0.15) is 9.84 Å². The molecule has 0 bridgehead atoms. The number of hydrogen-bond donors (Lipinski definition) is 1. The molecule has 1 aromatic rings. The van der Waals surface area contributed by atoms with Crippen molar-refractivity contribution in [3.63, 3.8) is 0 Å². The van der Waals surface area contributed by atoms with Gasteiger partial charge in [-0.3, -0.25) is 4.68 Å². The van der Waals surface area contributed by atoms with Gasteiger partial charge in [-0.15, -0.1) is 0 Å². The van der Waals surface area contributed by atoms with E-state index < -0.39 is 9.84 Å². The van der Waals surface area contributed by atoms with Gasteiger partial charge in [0.2, 0.25) is 0 Å². The third-order valence-electron chi connectivity index (χ3n) is 3.35. The first-order valence-electron chi connectivity index (χ1n) is 6.94. The minimum atomic E-state index is -2.94. The van der Waals surface area contributed by atoms with E-state index >= 15 is 0 Å². The Balaban J connectivity index is 2.03. The second kappa shape index (κ2) is 6.05. The SMILES string of the molecule is CCCc1c(CNC2CC2)cnn1CCS(C)(=O)=O. The monoisotopic (exact) mass is 285 g/mol. The Hall–Kier alpha value is -0.880. The first kappa shape index (κ1) is 14.5. The molecule has 0 aromatic carbocycles. The Morgan fingerprint density at radius 2 is 2.21 bits per heavy atom. The molecule has 0 unspecified atom stereocenters. The van der Waals surface area contributed by atoms with Gasteiger partial charge in [-0.25, -0.2) is 8.42 Å². The molecule has 0 spiro atoms. The van der Waals surface area contributed by atoms with Crippen LogP contribution in [0.1, 0.15) is 37.4 Å². The molecule has 108 valence electrons. The van der Waals surface area contributed by atoms with Crippen molar-refractivity contribution >= 4 is 9.84 Å². The smallest absolute Gasteiger partial charge is 0.149 e. The van der Waals surface area contributed by atoms with Crippen LogP contribution in [0.5, 0.6) is 0 Å². The Morgan fingerprint density at radius 1 is 1.47 bits per heavy atom. The molecule has 0 saturated heterocycles. The van der Waals surface area contributed by atoms with Crippen LogP contribution in [-0.2, 0) is 29.3 Å². The number of rotatable bonds is 8. The fourth-order valence-corrected chi connectivity index (χ4v) is 2.61. The van der Waals surface area contributed by atoms with Crippen molar-refractivity contribution in [1.29, 1.82) is 0 Å². The summed E-state index contributed by atoms with van der Waals surface area (Å²) in [5, 5.41) is 7.83. The van der Waals surface area contributed by atoms with Crippen molar-refractivity contribution in [3.05, 3.63) is 17.5 Å². The molecule has 1 fully saturated rings. The molecule has 1 saturated carbocycles. The number of sulfone groups is 1. The van der Waals surface area contributed by atoms with Crippen LogP contribution in [0.25, 0.3) is 0 Å². The Labute approximate surface area is 115 Å². The van der Waals surface area contributed by atoms with Gasteiger partial charge < -0.3 is 5.32 Å². The van der Waals surface area contributed by atoms with E-state index in [4.69, 9.17) is 0 Å². The van der Waals surface area contributed by atoms with Gasteiger partial charge in [0.25, 0.3) is 0 Å². The maximum atomic E-state index is 11.3. The lowest BCUT2D eigenvalue weighted by Crippen LogP contribution is -2.18. The fourth-order valence-electron chi connectivity index (χ4n) is 2.11. The van der Waals surface area contributed by atoms with Crippen molar-refractivity contribution in [2.45, 2.75) is 51.7 Å². The molecule has 1 aliphatic rings. The molecular formula is C13H23N3O2S. The summed E-state index contributed by atoms with van der Waals surface area (Å²) in [6, 6.07) is 0.675. The average Bonchev–Trinajstić information content (AvgIpc) is 3.07. The largest absolute Gasteiger partial charge is 0.310 e. The quantitative estimate of drug-likeness (QED) is 0.778. The topological polar surface area (TPSA) is 64.0 Å². The second-order valence-corrected chi connectivity index (χ2v) is 7.63. The molecule has 1 aliphatic carbocycles. The van der Waals surface area contributed by atoms with Crippen LogP contribution in [0.4, 0.5) is 0 Å². The predicted molar refractivity (Wildman–Crippen MR) is 75.8 cm³/mol. The van der Waals surface area contributed by atoms with Gasteiger partial charge in [-0.2, -0.15) is 5.10 Å². The van der Waals surface area contributed by atoms with Crippen LogP contribution in [0.2, 0.25) is 0 Å². The maximum absolute atomic E-state index is 11.3. The summed E-state index contributed by atoms with van der Waals surface area (Å²) in [6.45, 7) is 3.43. The Bertz CT molecular complexity index is 518. The van der Waals surface area contributed by atoms with Crippen molar-refractivity contribution < 1.29 is 8.42 Å². The summed E-state index contributed by atoms with van der Waals surface area (Å²) in [5.41, 5.74) is 2.39. The van der Waals surface area contributed by atoms with Gasteiger partial charge in [-0.05, 0) is 19.3 Å². The Kier molecular flexibility index (Phi) is 4.62. The van der Waals surface area contributed by atoms with Crippen LogP contribution in [-0.4, -0.2) is 36.2 Å². The zero-order chi connectivity index (χ0) is 13.9. The second-order valence-electron chi connectivity index (χ2n) is 5.37. The standard InChI is InChI=1S/C13H23N3O2S/c1-3-4-13-11(9-14-12-5-6-12)10-15-16(13)7-8-19(2,17)18/h10,12,14H,3-9H2,1-2H3. The van der Waals surface area contributed by atoms with Gasteiger partial charge in [0, 0.05) is 30.1 Å². The average molecular weight is 285 g/mol. The van der Waals surface area contributed by atoms with Crippen molar-refractivity contribution in [1.82, 2.24) is 15.1 Å². The Morgan fingerprint density at radius 3 is 2.79 bits per heavy atom. The van der Waals surface area contributed by atoms with Crippen molar-refractivity contribution in [2.24, 2.45) is 0 Å². The third kappa shape index (κ3) is 4.62. The third-order valence-corrected chi connectivity index (χ3v) is 4.28. The molecule has 1 aromatic heterocycles. The summed E-state index contributed by atoms with van der Waals surface area (Å²) in [7, 11) is -2.94. The molecule has 1 heterocycles. The van der Waals surface area contributed by atoms with E-state index in [0.717, 1.165) is 19.4 Å². The lowest BCUT2D eigenvalue weighted by Gasteiger charge is -2.09. The van der Waals surface area contributed by atoms with Gasteiger partial charge in [0.15, 0.2) is 0 Å². The van der Waals surface area contributed by atoms with Crippen LogP contribution in [0, 0.1) is 0 Å². The molecule has 1 N–H and O–H groups in total. The fraction of sp³-hybridized carbons (Fsp3) is 0.769. The summed E-state index contributed by atoms with van der Waals surface area (Å²) < 4.78 is 24.4. The predicted octanol–water partition coefficient (Wildman–Crippen LogP) is 1.13.